The average molecular weight is 370 g/mol. The van der Waals surface area contributed by atoms with Crippen molar-refractivity contribution in [2.24, 2.45) is 0 Å². The molecule has 0 amide bonds. The predicted octanol–water partition coefficient (Wildman–Crippen LogP) is 4.00. The Morgan fingerprint density at radius 1 is 1.12 bits per heavy atom. The minimum absolute atomic E-state index is 0.183. The first-order valence-corrected chi connectivity index (χ1v) is 8.64. The molecule has 3 heterocycles. The van der Waals surface area contributed by atoms with E-state index in [1.165, 1.54) is 11.3 Å². The van der Waals surface area contributed by atoms with Gasteiger partial charge in [0.25, 0.3) is 11.1 Å². The van der Waals surface area contributed by atoms with Crippen molar-refractivity contribution in [2.75, 3.05) is 0 Å². The molecule has 0 spiro atoms. The summed E-state index contributed by atoms with van der Waals surface area (Å²) in [5.41, 5.74) is 1.59. The van der Waals surface area contributed by atoms with Gasteiger partial charge in [-0.25, -0.2) is 4.98 Å². The highest BCUT2D eigenvalue weighted by Crippen LogP contribution is 2.27. The van der Waals surface area contributed by atoms with Gasteiger partial charge in [0.2, 0.25) is 5.82 Å². The summed E-state index contributed by atoms with van der Waals surface area (Å²) in [5.74, 6) is 2.14. The van der Waals surface area contributed by atoms with Gasteiger partial charge in [-0.3, -0.25) is 0 Å². The molecule has 0 bridgehead atoms. The van der Waals surface area contributed by atoms with Crippen molar-refractivity contribution < 1.29 is 18.5 Å². The lowest BCUT2D eigenvalue weighted by atomic mass is 10.2. The Hall–Kier alpha value is -3.04. The number of rotatable bonds is 7. The summed E-state index contributed by atoms with van der Waals surface area (Å²) in [4.78, 5) is 8.43. The first kappa shape index (κ1) is 16.4. The van der Waals surface area contributed by atoms with Crippen LogP contribution < -0.4 is 4.74 Å². The van der Waals surface area contributed by atoms with Crippen LogP contribution in [0.15, 0.2) is 51.0 Å². The van der Waals surface area contributed by atoms with Crippen LogP contribution in [-0.4, -0.2) is 20.3 Å². The van der Waals surface area contributed by atoms with Gasteiger partial charge in [0.05, 0.1) is 5.69 Å². The Morgan fingerprint density at radius 3 is 2.88 bits per heavy atom. The van der Waals surface area contributed by atoms with E-state index in [-0.39, 0.29) is 13.2 Å². The maximum Gasteiger partial charge on any atom is 0.278 e. The molecule has 0 atom stereocenters. The highest BCUT2D eigenvalue weighted by atomic mass is 32.1. The number of ether oxygens (including phenoxy) is 2. The number of hydrogen-bond donors (Lipinski definition) is 0. The van der Waals surface area contributed by atoms with Gasteiger partial charge < -0.3 is 18.5 Å². The smallest absolute Gasteiger partial charge is 0.278 e. The van der Waals surface area contributed by atoms with Crippen LogP contribution in [0.3, 0.4) is 0 Å². The molecule has 0 saturated heterocycles. The van der Waals surface area contributed by atoms with Gasteiger partial charge >= 0.3 is 0 Å². The van der Waals surface area contributed by atoms with Crippen LogP contribution >= 0.6 is 11.3 Å². The summed E-state index contributed by atoms with van der Waals surface area (Å²) >= 11 is 1.42. The van der Waals surface area contributed by atoms with Crippen LogP contribution in [0.5, 0.6) is 10.9 Å². The molecular formula is C17H14N4O4S. The number of aryl methyl sites for hydroxylation is 1. The highest BCUT2D eigenvalue weighted by molar-refractivity contribution is 7.11. The zero-order valence-corrected chi connectivity index (χ0v) is 14.6. The molecule has 4 aromatic rings. The van der Waals surface area contributed by atoms with Gasteiger partial charge in [-0.05, 0) is 19.1 Å². The van der Waals surface area contributed by atoms with E-state index in [9.17, 15) is 0 Å². The Kier molecular flexibility index (Phi) is 4.71. The quantitative estimate of drug-likeness (QED) is 0.482. The Balaban J connectivity index is 1.39. The molecule has 0 aliphatic carbocycles. The molecule has 4 rings (SSSR count). The van der Waals surface area contributed by atoms with Crippen molar-refractivity contribution in [3.8, 4) is 22.3 Å². The highest BCUT2D eigenvalue weighted by Gasteiger charge is 2.11. The van der Waals surface area contributed by atoms with Crippen molar-refractivity contribution in [2.45, 2.75) is 20.1 Å². The first-order chi connectivity index (χ1) is 12.8. The summed E-state index contributed by atoms with van der Waals surface area (Å²) in [6, 6.07) is 9.22. The minimum atomic E-state index is 0.183. The zero-order chi connectivity index (χ0) is 17.8. The minimum Gasteiger partial charge on any atom is -0.431 e. The maximum absolute atomic E-state index is 5.68. The van der Waals surface area contributed by atoms with E-state index in [1.807, 2.05) is 42.6 Å². The molecule has 0 radical (unpaired) electrons. The van der Waals surface area contributed by atoms with Gasteiger partial charge in [-0.15, -0.1) is 0 Å². The Labute approximate surface area is 152 Å². The summed E-state index contributed by atoms with van der Waals surface area (Å²) in [6.45, 7) is 2.32. The SMILES string of the molecule is Cc1cc(COCc2nc(-c3cccc(Oc4nccs4)c3)no2)on1. The molecule has 0 saturated carbocycles. The van der Waals surface area contributed by atoms with Crippen molar-refractivity contribution >= 4 is 11.3 Å². The number of benzene rings is 1. The fourth-order valence-corrected chi connectivity index (χ4v) is 2.72. The number of thiazole rings is 1. The Bertz CT molecular complexity index is 980. The largest absolute Gasteiger partial charge is 0.431 e. The molecule has 132 valence electrons. The third kappa shape index (κ3) is 3.95. The molecule has 0 aliphatic heterocycles. The van der Waals surface area contributed by atoms with Gasteiger partial charge in [0.15, 0.2) is 5.76 Å². The molecule has 26 heavy (non-hydrogen) atoms. The van der Waals surface area contributed by atoms with Crippen LogP contribution in [0.2, 0.25) is 0 Å². The number of aromatic nitrogens is 4. The van der Waals surface area contributed by atoms with Crippen molar-refractivity contribution in [3.63, 3.8) is 0 Å². The molecule has 3 aromatic heterocycles. The van der Waals surface area contributed by atoms with E-state index in [0.29, 0.717) is 28.4 Å². The van der Waals surface area contributed by atoms with Crippen LogP contribution in [-0.2, 0) is 18.0 Å². The monoisotopic (exact) mass is 370 g/mol. The lowest BCUT2D eigenvalue weighted by Gasteiger charge is -2.02. The summed E-state index contributed by atoms with van der Waals surface area (Å²) in [6.07, 6.45) is 1.69. The molecule has 1 aromatic carbocycles. The summed E-state index contributed by atoms with van der Waals surface area (Å²) in [7, 11) is 0. The van der Waals surface area contributed by atoms with Crippen molar-refractivity contribution in [3.05, 3.63) is 59.3 Å². The third-order valence-corrected chi connectivity index (χ3v) is 3.97. The lowest BCUT2D eigenvalue weighted by molar-refractivity contribution is 0.0697. The van der Waals surface area contributed by atoms with Crippen molar-refractivity contribution in [1.29, 1.82) is 0 Å². The molecule has 0 N–H and O–H groups in total. The van der Waals surface area contributed by atoms with Gasteiger partial charge in [0, 0.05) is 23.2 Å². The lowest BCUT2D eigenvalue weighted by Crippen LogP contribution is -1.93. The van der Waals surface area contributed by atoms with Crippen LogP contribution in [0.25, 0.3) is 11.4 Å². The van der Waals surface area contributed by atoms with E-state index >= 15 is 0 Å². The molecule has 8 nitrogen and oxygen atoms in total. The second-order valence-corrected chi connectivity index (χ2v) is 6.22. The van der Waals surface area contributed by atoms with Crippen LogP contribution in [0, 0.1) is 6.92 Å². The molecule has 0 unspecified atom stereocenters. The zero-order valence-electron chi connectivity index (χ0n) is 13.8. The van der Waals surface area contributed by atoms with Crippen molar-refractivity contribution in [1.82, 2.24) is 20.3 Å². The van der Waals surface area contributed by atoms with Gasteiger partial charge in [0.1, 0.15) is 19.0 Å². The number of hydrogen-bond acceptors (Lipinski definition) is 9. The fourth-order valence-electron chi connectivity index (χ4n) is 2.21. The third-order valence-electron chi connectivity index (χ3n) is 3.32. The van der Waals surface area contributed by atoms with Crippen LogP contribution in [0.4, 0.5) is 0 Å². The van der Waals surface area contributed by atoms with E-state index in [0.717, 1.165) is 11.3 Å². The second-order valence-electron chi connectivity index (χ2n) is 5.37. The van der Waals surface area contributed by atoms with E-state index in [1.54, 1.807) is 6.20 Å². The summed E-state index contributed by atoms with van der Waals surface area (Å²) in [5, 5.41) is 10.2. The second kappa shape index (κ2) is 7.46. The Morgan fingerprint density at radius 2 is 2.08 bits per heavy atom. The molecule has 0 aliphatic rings. The standard InChI is InChI=1S/C17H14N4O4S/c1-11-7-14(24-20-11)9-22-10-15-19-16(21-25-15)12-3-2-4-13(8-12)23-17-18-5-6-26-17/h2-8H,9-10H2,1H3. The normalized spacial score (nSPS) is 11.0. The maximum atomic E-state index is 5.68. The average Bonchev–Trinajstić information content (AvgIpc) is 3.38. The topological polar surface area (TPSA) is 96.3 Å². The van der Waals surface area contributed by atoms with Gasteiger partial charge in [-0.1, -0.05) is 33.8 Å². The molecular weight excluding hydrogens is 356 g/mol. The van der Waals surface area contributed by atoms with Gasteiger partial charge in [-0.2, -0.15) is 4.98 Å². The first-order valence-electron chi connectivity index (χ1n) is 7.76. The van der Waals surface area contributed by atoms with Crippen LogP contribution in [0.1, 0.15) is 17.3 Å². The predicted molar refractivity (Wildman–Crippen MR) is 91.7 cm³/mol. The molecule has 0 fully saturated rings. The summed E-state index contributed by atoms with van der Waals surface area (Å²) < 4.78 is 21.5. The molecule has 9 heteroatoms. The fraction of sp³-hybridized carbons (Fsp3) is 0.176. The van der Waals surface area contributed by atoms with E-state index < -0.39 is 0 Å². The van der Waals surface area contributed by atoms with E-state index in [4.69, 9.17) is 18.5 Å². The van der Waals surface area contributed by atoms with E-state index in [2.05, 4.69) is 20.3 Å². The number of nitrogens with zero attached hydrogens (tertiary/aromatic N) is 4.